The Hall–Kier alpha value is -1.44. The van der Waals surface area contributed by atoms with Crippen molar-refractivity contribution in [2.45, 2.75) is 24.8 Å². The maximum Gasteiger partial charge on any atom is 0.251 e. The van der Waals surface area contributed by atoms with E-state index in [0.29, 0.717) is 12.2 Å². The molecule has 1 aromatic carbocycles. The van der Waals surface area contributed by atoms with Crippen LogP contribution in [0, 0.1) is 6.92 Å². The molecule has 0 saturated heterocycles. The molecular formula is C14H22N2O4S. The molecule has 7 heteroatoms. The molecule has 0 radical (unpaired) electrons. The number of aryl methyl sites for hydroxylation is 1. The van der Waals surface area contributed by atoms with E-state index in [1.165, 1.54) is 26.2 Å². The number of nitrogens with zero attached hydrogens (tertiary/aromatic N) is 1. The van der Waals surface area contributed by atoms with Gasteiger partial charge in [0.2, 0.25) is 10.0 Å². The summed E-state index contributed by atoms with van der Waals surface area (Å²) < 4.78 is 30.3. The molecule has 0 saturated carbocycles. The normalized spacial score (nSPS) is 13.2. The van der Waals surface area contributed by atoms with Gasteiger partial charge in [-0.25, -0.2) is 12.7 Å². The summed E-state index contributed by atoms with van der Waals surface area (Å²) in [5, 5.41) is 2.77. The van der Waals surface area contributed by atoms with Gasteiger partial charge in [-0.3, -0.25) is 4.79 Å². The number of rotatable bonds is 6. The van der Waals surface area contributed by atoms with Gasteiger partial charge in [-0.15, -0.1) is 0 Å². The molecule has 0 aromatic heterocycles. The van der Waals surface area contributed by atoms with Crippen molar-refractivity contribution < 1.29 is 17.9 Å². The van der Waals surface area contributed by atoms with Crippen LogP contribution in [0.4, 0.5) is 0 Å². The molecule has 1 rings (SSSR count). The number of carbonyl (C=O) groups excluding carboxylic acids is 1. The van der Waals surface area contributed by atoms with Crippen molar-refractivity contribution in [1.82, 2.24) is 9.62 Å². The van der Waals surface area contributed by atoms with Crippen molar-refractivity contribution >= 4 is 15.9 Å². The van der Waals surface area contributed by atoms with Crippen LogP contribution in [0.3, 0.4) is 0 Å². The number of sulfonamides is 1. The van der Waals surface area contributed by atoms with Gasteiger partial charge in [0.1, 0.15) is 0 Å². The van der Waals surface area contributed by atoms with Crippen molar-refractivity contribution in [3.05, 3.63) is 29.3 Å². The average molecular weight is 314 g/mol. The first-order valence-electron chi connectivity index (χ1n) is 6.53. The Morgan fingerprint density at radius 2 is 2.00 bits per heavy atom. The van der Waals surface area contributed by atoms with Crippen LogP contribution >= 0.6 is 0 Å². The van der Waals surface area contributed by atoms with Crippen LogP contribution in [-0.2, 0) is 14.8 Å². The molecule has 21 heavy (non-hydrogen) atoms. The Balaban J connectivity index is 3.11. The molecule has 1 N–H and O–H groups in total. The van der Waals surface area contributed by atoms with Crippen molar-refractivity contribution in [2.75, 3.05) is 27.8 Å². The van der Waals surface area contributed by atoms with E-state index in [4.69, 9.17) is 4.74 Å². The molecule has 1 amide bonds. The fourth-order valence-electron chi connectivity index (χ4n) is 1.81. The highest BCUT2D eigenvalue weighted by Gasteiger charge is 2.20. The predicted molar refractivity (Wildman–Crippen MR) is 80.9 cm³/mol. The molecule has 0 fully saturated rings. The van der Waals surface area contributed by atoms with E-state index >= 15 is 0 Å². The lowest BCUT2D eigenvalue weighted by Gasteiger charge is -2.16. The number of hydrogen-bond acceptors (Lipinski definition) is 4. The lowest BCUT2D eigenvalue weighted by atomic mass is 10.1. The van der Waals surface area contributed by atoms with Gasteiger partial charge in [-0.1, -0.05) is 6.07 Å². The second-order valence-electron chi connectivity index (χ2n) is 5.09. The van der Waals surface area contributed by atoms with Crippen molar-refractivity contribution in [3.8, 4) is 0 Å². The number of methoxy groups -OCH3 is 1. The van der Waals surface area contributed by atoms with Crippen LogP contribution in [-0.4, -0.2) is 52.5 Å². The molecule has 1 unspecified atom stereocenters. The quantitative estimate of drug-likeness (QED) is 0.850. The lowest BCUT2D eigenvalue weighted by molar-refractivity contribution is 0.0904. The topological polar surface area (TPSA) is 75.7 Å². The summed E-state index contributed by atoms with van der Waals surface area (Å²) in [7, 11) is 0.902. The van der Waals surface area contributed by atoms with Gasteiger partial charge >= 0.3 is 0 Å². The number of carbonyl (C=O) groups is 1. The molecule has 1 aromatic rings. The van der Waals surface area contributed by atoms with E-state index in [1.807, 2.05) is 6.92 Å². The van der Waals surface area contributed by atoms with Gasteiger partial charge in [0.05, 0.1) is 11.5 Å². The summed E-state index contributed by atoms with van der Waals surface area (Å²) in [5.41, 5.74) is 1.07. The summed E-state index contributed by atoms with van der Waals surface area (Å²) in [5.74, 6) is -0.312. The van der Waals surface area contributed by atoms with E-state index < -0.39 is 10.0 Å². The number of hydrogen-bond donors (Lipinski definition) is 1. The third kappa shape index (κ3) is 4.26. The van der Waals surface area contributed by atoms with Crippen LogP contribution in [0.2, 0.25) is 0 Å². The molecule has 6 nitrogen and oxygen atoms in total. The van der Waals surface area contributed by atoms with Crippen LogP contribution in [0.1, 0.15) is 22.8 Å². The second-order valence-corrected chi connectivity index (χ2v) is 7.25. The van der Waals surface area contributed by atoms with Crippen molar-refractivity contribution in [3.63, 3.8) is 0 Å². The highest BCUT2D eigenvalue weighted by molar-refractivity contribution is 7.89. The molecule has 0 heterocycles. The van der Waals surface area contributed by atoms with Crippen LogP contribution in [0.15, 0.2) is 23.1 Å². The predicted octanol–water partition coefficient (Wildman–Crippen LogP) is 1.01. The molecule has 0 spiro atoms. The Labute approximate surface area is 126 Å². The van der Waals surface area contributed by atoms with Gasteiger partial charge in [-0.05, 0) is 31.5 Å². The summed E-state index contributed by atoms with van der Waals surface area (Å²) in [4.78, 5) is 12.3. The average Bonchev–Trinajstić information content (AvgIpc) is 2.38. The fourth-order valence-corrected chi connectivity index (χ4v) is 2.74. The molecule has 0 bridgehead atoms. The van der Waals surface area contributed by atoms with E-state index in [0.717, 1.165) is 9.87 Å². The van der Waals surface area contributed by atoms with Crippen LogP contribution < -0.4 is 5.32 Å². The maximum absolute atomic E-state index is 12.2. The van der Waals surface area contributed by atoms with E-state index in [-0.39, 0.29) is 16.8 Å². The molecule has 0 aliphatic rings. The van der Waals surface area contributed by atoms with Gasteiger partial charge in [0.25, 0.3) is 5.91 Å². The zero-order chi connectivity index (χ0) is 16.2. The van der Waals surface area contributed by atoms with E-state index in [2.05, 4.69) is 5.32 Å². The highest BCUT2D eigenvalue weighted by atomic mass is 32.2. The highest BCUT2D eigenvalue weighted by Crippen LogP contribution is 2.18. The van der Waals surface area contributed by atoms with E-state index in [9.17, 15) is 13.2 Å². The number of ether oxygens (including phenoxy) is 1. The van der Waals surface area contributed by atoms with Gasteiger partial charge in [-0.2, -0.15) is 0 Å². The van der Waals surface area contributed by atoms with E-state index in [1.54, 1.807) is 20.1 Å². The third-order valence-corrected chi connectivity index (χ3v) is 4.84. The van der Waals surface area contributed by atoms with Crippen molar-refractivity contribution in [1.29, 1.82) is 0 Å². The zero-order valence-corrected chi connectivity index (χ0v) is 13.8. The maximum atomic E-state index is 12.2. The SMILES string of the molecule is COCC(C)NC(=O)c1cc(S(=O)(=O)N(C)C)ccc1C. The van der Waals surface area contributed by atoms with Gasteiger partial charge in [0.15, 0.2) is 0 Å². The third-order valence-electron chi connectivity index (χ3n) is 3.03. The van der Waals surface area contributed by atoms with Crippen molar-refractivity contribution in [2.24, 2.45) is 0 Å². The van der Waals surface area contributed by atoms with Crippen LogP contribution in [0.25, 0.3) is 0 Å². The molecule has 118 valence electrons. The zero-order valence-electron chi connectivity index (χ0n) is 13.0. The monoisotopic (exact) mass is 314 g/mol. The largest absolute Gasteiger partial charge is 0.383 e. The summed E-state index contributed by atoms with van der Waals surface area (Å²) in [6, 6.07) is 4.38. The lowest BCUT2D eigenvalue weighted by Crippen LogP contribution is -2.36. The Bertz CT molecular complexity index is 611. The summed E-state index contributed by atoms with van der Waals surface area (Å²) in [6.07, 6.45) is 0. The summed E-state index contributed by atoms with van der Waals surface area (Å²) in [6.45, 7) is 3.97. The first-order chi connectivity index (χ1) is 9.70. The molecule has 1 atom stereocenters. The standard InChI is InChI=1S/C14H22N2O4S/c1-10-6-7-12(21(18,19)16(3)4)8-13(10)14(17)15-11(2)9-20-5/h6-8,11H,9H2,1-5H3,(H,15,17). The minimum absolute atomic E-state index is 0.0997. The molecular weight excluding hydrogens is 292 g/mol. The van der Waals surface area contributed by atoms with Gasteiger partial charge < -0.3 is 10.1 Å². The minimum atomic E-state index is -3.56. The molecule has 0 aliphatic carbocycles. The summed E-state index contributed by atoms with van der Waals surface area (Å²) >= 11 is 0. The fraction of sp³-hybridized carbons (Fsp3) is 0.500. The van der Waals surface area contributed by atoms with Crippen LogP contribution in [0.5, 0.6) is 0 Å². The Morgan fingerprint density at radius 3 is 2.52 bits per heavy atom. The number of nitrogens with one attached hydrogen (secondary N) is 1. The van der Waals surface area contributed by atoms with Gasteiger partial charge in [0, 0.05) is 32.8 Å². The first-order valence-corrected chi connectivity index (χ1v) is 7.97. The molecule has 0 aliphatic heterocycles. The smallest absolute Gasteiger partial charge is 0.251 e. The number of benzene rings is 1. The Morgan fingerprint density at radius 1 is 1.38 bits per heavy atom. The Kier molecular flexibility index (Phi) is 5.88. The number of amides is 1. The second kappa shape index (κ2) is 7.02. The minimum Gasteiger partial charge on any atom is -0.383 e. The first kappa shape index (κ1) is 17.6.